The molecule has 0 radical (unpaired) electrons. The van der Waals surface area contributed by atoms with Gasteiger partial charge in [0.1, 0.15) is 11.4 Å². The molecule has 1 aromatic carbocycles. The number of carbonyl (C=O) groups is 1. The summed E-state index contributed by atoms with van der Waals surface area (Å²) in [6, 6.07) is 16.1. The van der Waals surface area contributed by atoms with E-state index in [-0.39, 0.29) is 6.09 Å². The molecule has 2 aromatic heterocycles. The number of nitrogens with one attached hydrogen (secondary N) is 1. The Morgan fingerprint density at radius 1 is 1.06 bits per heavy atom. The SMILES string of the molecule is CC(C)(C)OC(=O)N1CCN(c2[nH]c(-c3ccnc(/C=C/c4ccccc4)c3)cc2N)CC1. The standard InChI is InChI=1S/C26H31N5O2/c1-26(2,3)33-25(32)31-15-13-30(14-16-31)24-22(27)18-23(29-24)20-11-12-28-21(17-20)10-9-19-7-5-4-6-8-19/h4-12,17-18,29H,13-16,27H2,1-3H3/b10-9+. The van der Waals surface area contributed by atoms with Crippen molar-refractivity contribution in [3.8, 4) is 11.3 Å². The Labute approximate surface area is 194 Å². The fraction of sp³-hybridized carbons (Fsp3) is 0.308. The van der Waals surface area contributed by atoms with Crippen LogP contribution in [-0.2, 0) is 4.74 Å². The first kappa shape index (κ1) is 22.5. The normalized spacial score (nSPS) is 14.6. The Hall–Kier alpha value is -3.74. The number of benzene rings is 1. The third-order valence-corrected chi connectivity index (χ3v) is 5.41. The number of rotatable bonds is 4. The lowest BCUT2D eigenvalue weighted by atomic mass is 10.1. The first-order chi connectivity index (χ1) is 15.8. The number of carbonyl (C=O) groups excluding carboxylic acids is 1. The topological polar surface area (TPSA) is 87.5 Å². The van der Waals surface area contributed by atoms with Gasteiger partial charge in [-0.3, -0.25) is 4.98 Å². The van der Waals surface area contributed by atoms with Gasteiger partial charge in [0.05, 0.1) is 11.4 Å². The number of nitrogen functional groups attached to an aromatic ring is 1. The maximum Gasteiger partial charge on any atom is 0.410 e. The van der Waals surface area contributed by atoms with Crippen molar-refractivity contribution in [3.63, 3.8) is 0 Å². The van der Waals surface area contributed by atoms with Crippen molar-refractivity contribution in [1.29, 1.82) is 0 Å². The van der Waals surface area contributed by atoms with Crippen molar-refractivity contribution in [2.24, 2.45) is 0 Å². The average Bonchev–Trinajstić information content (AvgIpc) is 3.19. The number of piperazine rings is 1. The highest BCUT2D eigenvalue weighted by atomic mass is 16.6. The summed E-state index contributed by atoms with van der Waals surface area (Å²) >= 11 is 0. The molecule has 7 heteroatoms. The molecule has 3 heterocycles. The highest BCUT2D eigenvalue weighted by molar-refractivity contribution is 5.77. The lowest BCUT2D eigenvalue weighted by Gasteiger charge is -2.36. The molecule has 7 nitrogen and oxygen atoms in total. The Morgan fingerprint density at radius 3 is 2.48 bits per heavy atom. The summed E-state index contributed by atoms with van der Waals surface area (Å²) in [5.41, 5.74) is 10.5. The molecule has 1 fully saturated rings. The van der Waals surface area contributed by atoms with Crippen LogP contribution in [0.25, 0.3) is 23.4 Å². The van der Waals surface area contributed by atoms with Gasteiger partial charge in [0.15, 0.2) is 0 Å². The third kappa shape index (κ3) is 5.74. The summed E-state index contributed by atoms with van der Waals surface area (Å²) in [5, 5.41) is 0. The number of hydrogen-bond acceptors (Lipinski definition) is 5. The van der Waals surface area contributed by atoms with E-state index in [2.05, 4.69) is 27.0 Å². The number of H-pyrrole nitrogens is 1. The van der Waals surface area contributed by atoms with Gasteiger partial charge in [0.25, 0.3) is 0 Å². The van der Waals surface area contributed by atoms with Gasteiger partial charge in [-0.05, 0) is 50.6 Å². The maximum atomic E-state index is 12.3. The second-order valence-electron chi connectivity index (χ2n) is 9.15. The van der Waals surface area contributed by atoms with Crippen LogP contribution in [0.3, 0.4) is 0 Å². The Morgan fingerprint density at radius 2 is 1.79 bits per heavy atom. The largest absolute Gasteiger partial charge is 0.444 e. The molecule has 172 valence electrons. The fourth-order valence-electron chi connectivity index (χ4n) is 3.77. The molecule has 1 aliphatic rings. The summed E-state index contributed by atoms with van der Waals surface area (Å²) in [7, 11) is 0. The molecule has 3 N–H and O–H groups in total. The van der Waals surface area contributed by atoms with E-state index < -0.39 is 5.60 Å². The maximum absolute atomic E-state index is 12.3. The van der Waals surface area contributed by atoms with E-state index in [0.29, 0.717) is 31.9 Å². The van der Waals surface area contributed by atoms with E-state index in [1.165, 1.54) is 0 Å². The van der Waals surface area contributed by atoms with E-state index >= 15 is 0 Å². The smallest absolute Gasteiger partial charge is 0.410 e. The molecule has 1 saturated heterocycles. The molecule has 4 rings (SSSR count). The van der Waals surface area contributed by atoms with Gasteiger partial charge < -0.3 is 25.3 Å². The van der Waals surface area contributed by atoms with Gasteiger partial charge in [-0.2, -0.15) is 0 Å². The van der Waals surface area contributed by atoms with Crippen molar-refractivity contribution in [2.45, 2.75) is 26.4 Å². The molecule has 0 unspecified atom stereocenters. The monoisotopic (exact) mass is 445 g/mol. The number of amides is 1. The molecular formula is C26H31N5O2. The Balaban J connectivity index is 1.44. The minimum absolute atomic E-state index is 0.268. The number of pyridine rings is 1. The van der Waals surface area contributed by atoms with Crippen LogP contribution in [-0.4, -0.2) is 52.7 Å². The first-order valence-corrected chi connectivity index (χ1v) is 11.2. The number of nitrogens with zero attached hydrogens (tertiary/aromatic N) is 3. The summed E-state index contributed by atoms with van der Waals surface area (Å²) in [6.07, 6.45) is 5.58. The Kier molecular flexibility index (Phi) is 6.40. The van der Waals surface area contributed by atoms with E-state index in [1.807, 2.05) is 69.3 Å². The summed E-state index contributed by atoms with van der Waals surface area (Å²) in [5.74, 6) is 0.882. The first-order valence-electron chi connectivity index (χ1n) is 11.2. The van der Waals surface area contributed by atoms with Crippen LogP contribution < -0.4 is 10.6 Å². The van der Waals surface area contributed by atoms with Crippen LogP contribution in [0.4, 0.5) is 16.3 Å². The number of anilines is 2. The summed E-state index contributed by atoms with van der Waals surface area (Å²) in [4.78, 5) is 24.2. The fourth-order valence-corrected chi connectivity index (χ4v) is 3.77. The van der Waals surface area contributed by atoms with E-state index in [4.69, 9.17) is 10.5 Å². The predicted octanol–water partition coefficient (Wildman–Crippen LogP) is 4.89. The van der Waals surface area contributed by atoms with Crippen LogP contribution in [0.2, 0.25) is 0 Å². The molecule has 33 heavy (non-hydrogen) atoms. The van der Waals surface area contributed by atoms with E-state index in [9.17, 15) is 4.79 Å². The van der Waals surface area contributed by atoms with Gasteiger partial charge in [0.2, 0.25) is 0 Å². The van der Waals surface area contributed by atoms with Gasteiger partial charge in [-0.25, -0.2) is 4.79 Å². The van der Waals surface area contributed by atoms with E-state index in [0.717, 1.165) is 28.3 Å². The van der Waals surface area contributed by atoms with Crippen LogP contribution in [0.5, 0.6) is 0 Å². The average molecular weight is 446 g/mol. The van der Waals surface area contributed by atoms with Crippen molar-refractivity contribution in [2.75, 3.05) is 36.8 Å². The molecule has 1 amide bonds. The highest BCUT2D eigenvalue weighted by Crippen LogP contribution is 2.30. The predicted molar refractivity (Wildman–Crippen MR) is 134 cm³/mol. The zero-order chi connectivity index (χ0) is 23.4. The third-order valence-electron chi connectivity index (χ3n) is 5.41. The number of aromatic nitrogens is 2. The molecule has 1 aliphatic heterocycles. The minimum Gasteiger partial charge on any atom is -0.444 e. The van der Waals surface area contributed by atoms with Crippen molar-refractivity contribution >= 4 is 29.8 Å². The second-order valence-corrected chi connectivity index (χ2v) is 9.15. The molecule has 0 atom stereocenters. The highest BCUT2D eigenvalue weighted by Gasteiger charge is 2.27. The summed E-state index contributed by atoms with van der Waals surface area (Å²) in [6.45, 7) is 8.19. The summed E-state index contributed by atoms with van der Waals surface area (Å²) < 4.78 is 5.49. The van der Waals surface area contributed by atoms with Crippen molar-refractivity contribution in [1.82, 2.24) is 14.9 Å². The van der Waals surface area contributed by atoms with Gasteiger partial charge in [0, 0.05) is 43.6 Å². The van der Waals surface area contributed by atoms with Gasteiger partial charge in [-0.1, -0.05) is 36.4 Å². The molecule has 0 bridgehead atoms. The van der Waals surface area contributed by atoms with Crippen LogP contribution in [0, 0.1) is 0 Å². The van der Waals surface area contributed by atoms with Crippen molar-refractivity contribution < 1.29 is 9.53 Å². The van der Waals surface area contributed by atoms with Crippen molar-refractivity contribution in [3.05, 3.63) is 66.0 Å². The number of aromatic amines is 1. The quantitative estimate of drug-likeness (QED) is 0.597. The lowest BCUT2D eigenvalue weighted by Crippen LogP contribution is -2.50. The van der Waals surface area contributed by atoms with E-state index in [1.54, 1.807) is 11.1 Å². The second kappa shape index (κ2) is 9.40. The molecule has 0 spiro atoms. The minimum atomic E-state index is -0.493. The number of hydrogen-bond donors (Lipinski definition) is 2. The zero-order valence-corrected chi connectivity index (χ0v) is 19.4. The molecule has 3 aromatic rings. The van der Waals surface area contributed by atoms with Crippen LogP contribution in [0.1, 0.15) is 32.0 Å². The Bertz CT molecular complexity index is 1120. The molecule has 0 saturated carbocycles. The molecular weight excluding hydrogens is 414 g/mol. The number of nitrogens with two attached hydrogens (primary N) is 1. The van der Waals surface area contributed by atoms with Crippen LogP contribution in [0.15, 0.2) is 54.7 Å². The van der Waals surface area contributed by atoms with Crippen LogP contribution >= 0.6 is 0 Å². The zero-order valence-electron chi connectivity index (χ0n) is 19.4. The van der Waals surface area contributed by atoms with Gasteiger partial charge >= 0.3 is 6.09 Å². The molecule has 0 aliphatic carbocycles. The van der Waals surface area contributed by atoms with Gasteiger partial charge in [-0.15, -0.1) is 0 Å². The number of ether oxygens (including phenoxy) is 1. The lowest BCUT2D eigenvalue weighted by molar-refractivity contribution is 0.0240.